The smallest absolute Gasteiger partial charge is 0.320 e. The Morgan fingerprint density at radius 1 is 1.43 bits per heavy atom. The zero-order valence-electron chi connectivity index (χ0n) is 12.1. The highest BCUT2D eigenvalue weighted by Crippen LogP contribution is 2.21. The molecule has 0 saturated carbocycles. The largest absolute Gasteiger partial charge is 0.373 e. The van der Waals surface area contributed by atoms with E-state index in [0.29, 0.717) is 18.4 Å². The van der Waals surface area contributed by atoms with Gasteiger partial charge in [0.25, 0.3) is 0 Å². The van der Waals surface area contributed by atoms with Crippen LogP contribution in [0.15, 0.2) is 24.4 Å². The molecule has 0 bridgehead atoms. The van der Waals surface area contributed by atoms with Crippen LogP contribution in [0.3, 0.4) is 0 Å². The molecule has 2 N–H and O–H groups in total. The van der Waals surface area contributed by atoms with Gasteiger partial charge >= 0.3 is 6.03 Å². The van der Waals surface area contributed by atoms with Gasteiger partial charge in [-0.1, -0.05) is 12.5 Å². The van der Waals surface area contributed by atoms with Crippen LogP contribution in [0.25, 0.3) is 0 Å². The SMILES string of the molecule is O=C(NC[C@@H]1CN2CCCC[C@H]2CO1)Nc1ccccn1. The van der Waals surface area contributed by atoms with Crippen molar-refractivity contribution in [2.45, 2.75) is 31.4 Å². The molecule has 2 amide bonds. The van der Waals surface area contributed by atoms with E-state index in [0.717, 1.165) is 19.7 Å². The van der Waals surface area contributed by atoms with E-state index in [1.807, 2.05) is 12.1 Å². The summed E-state index contributed by atoms with van der Waals surface area (Å²) in [5.41, 5.74) is 0. The molecular formula is C15H22N4O2. The molecule has 1 aromatic heterocycles. The molecule has 0 aromatic carbocycles. The predicted molar refractivity (Wildman–Crippen MR) is 80.2 cm³/mol. The van der Waals surface area contributed by atoms with Gasteiger partial charge in [-0.3, -0.25) is 10.2 Å². The van der Waals surface area contributed by atoms with E-state index in [4.69, 9.17) is 4.74 Å². The third-order valence-corrected chi connectivity index (χ3v) is 4.11. The van der Waals surface area contributed by atoms with E-state index in [9.17, 15) is 4.79 Å². The second kappa shape index (κ2) is 6.87. The van der Waals surface area contributed by atoms with E-state index in [2.05, 4.69) is 20.5 Å². The molecule has 6 heteroatoms. The number of pyridine rings is 1. The van der Waals surface area contributed by atoms with E-state index < -0.39 is 0 Å². The summed E-state index contributed by atoms with van der Waals surface area (Å²) in [5.74, 6) is 0.552. The van der Waals surface area contributed by atoms with Crippen LogP contribution < -0.4 is 10.6 Å². The number of rotatable bonds is 3. The standard InChI is InChI=1S/C15H22N4O2/c20-15(18-14-6-1-3-7-16-14)17-9-13-10-19-8-4-2-5-12(19)11-21-13/h1,3,6-7,12-13H,2,4-5,8-11H2,(H2,16,17,18,20)/t12-,13+/m0/s1. The summed E-state index contributed by atoms with van der Waals surface area (Å²) in [6.45, 7) is 3.38. The van der Waals surface area contributed by atoms with Gasteiger partial charge < -0.3 is 10.1 Å². The minimum Gasteiger partial charge on any atom is -0.373 e. The number of nitrogens with one attached hydrogen (secondary N) is 2. The van der Waals surface area contributed by atoms with Crippen molar-refractivity contribution in [3.05, 3.63) is 24.4 Å². The van der Waals surface area contributed by atoms with Gasteiger partial charge in [0, 0.05) is 25.3 Å². The Balaban J connectivity index is 1.42. The van der Waals surface area contributed by atoms with Crippen molar-refractivity contribution >= 4 is 11.8 Å². The molecule has 21 heavy (non-hydrogen) atoms. The molecule has 3 heterocycles. The average Bonchev–Trinajstić information content (AvgIpc) is 2.54. The van der Waals surface area contributed by atoms with Crippen molar-refractivity contribution in [2.24, 2.45) is 0 Å². The molecular weight excluding hydrogens is 268 g/mol. The number of amides is 2. The first-order valence-electron chi connectivity index (χ1n) is 7.63. The Bertz CT molecular complexity index is 468. The van der Waals surface area contributed by atoms with Crippen LogP contribution in [0.5, 0.6) is 0 Å². The van der Waals surface area contributed by atoms with Crippen molar-refractivity contribution < 1.29 is 9.53 Å². The first-order valence-corrected chi connectivity index (χ1v) is 7.63. The molecule has 2 atom stereocenters. The van der Waals surface area contributed by atoms with Crippen LogP contribution in [-0.2, 0) is 4.74 Å². The normalized spacial score (nSPS) is 25.9. The number of hydrogen-bond donors (Lipinski definition) is 2. The molecule has 3 rings (SSSR count). The summed E-state index contributed by atoms with van der Waals surface area (Å²) >= 11 is 0. The lowest BCUT2D eigenvalue weighted by molar-refractivity contribution is -0.0722. The third kappa shape index (κ3) is 3.92. The van der Waals surface area contributed by atoms with Crippen LogP contribution >= 0.6 is 0 Å². The molecule has 0 aliphatic carbocycles. The average molecular weight is 290 g/mol. The second-order valence-electron chi connectivity index (χ2n) is 5.65. The first-order chi connectivity index (χ1) is 10.3. The van der Waals surface area contributed by atoms with Crippen LogP contribution in [0.2, 0.25) is 0 Å². The topological polar surface area (TPSA) is 66.5 Å². The second-order valence-corrected chi connectivity index (χ2v) is 5.65. The quantitative estimate of drug-likeness (QED) is 0.884. The number of carbonyl (C=O) groups excluding carboxylic acids is 1. The lowest BCUT2D eigenvalue weighted by Gasteiger charge is -2.42. The van der Waals surface area contributed by atoms with Crippen LogP contribution in [-0.4, -0.2) is 54.3 Å². The number of hydrogen-bond acceptors (Lipinski definition) is 4. The van der Waals surface area contributed by atoms with Gasteiger partial charge in [-0.05, 0) is 31.5 Å². The molecule has 114 valence electrons. The zero-order valence-corrected chi connectivity index (χ0v) is 12.1. The Labute approximate surface area is 124 Å². The van der Waals surface area contributed by atoms with Gasteiger partial charge in [0.2, 0.25) is 0 Å². The van der Waals surface area contributed by atoms with Crippen molar-refractivity contribution in [3.8, 4) is 0 Å². The Morgan fingerprint density at radius 3 is 3.24 bits per heavy atom. The van der Waals surface area contributed by atoms with Crippen molar-refractivity contribution in [1.82, 2.24) is 15.2 Å². The summed E-state index contributed by atoms with van der Waals surface area (Å²) < 4.78 is 5.85. The lowest BCUT2D eigenvalue weighted by Crippen LogP contribution is -2.54. The number of aromatic nitrogens is 1. The van der Waals surface area contributed by atoms with Crippen molar-refractivity contribution in [1.29, 1.82) is 0 Å². The maximum Gasteiger partial charge on any atom is 0.320 e. The molecule has 0 spiro atoms. The number of urea groups is 1. The van der Waals surface area contributed by atoms with Gasteiger partial charge in [0.05, 0.1) is 12.7 Å². The number of anilines is 1. The maximum atomic E-state index is 11.8. The van der Waals surface area contributed by atoms with Gasteiger partial charge in [-0.2, -0.15) is 0 Å². The van der Waals surface area contributed by atoms with Crippen molar-refractivity contribution in [3.63, 3.8) is 0 Å². The van der Waals surface area contributed by atoms with E-state index in [-0.39, 0.29) is 12.1 Å². The monoisotopic (exact) mass is 290 g/mol. The van der Waals surface area contributed by atoms with E-state index in [1.54, 1.807) is 12.3 Å². The molecule has 2 aliphatic heterocycles. The predicted octanol–water partition coefficient (Wildman–Crippen LogP) is 1.46. The molecule has 2 fully saturated rings. The molecule has 6 nitrogen and oxygen atoms in total. The van der Waals surface area contributed by atoms with Gasteiger partial charge in [0.15, 0.2) is 0 Å². The summed E-state index contributed by atoms with van der Waals surface area (Å²) in [6, 6.07) is 5.75. The van der Waals surface area contributed by atoms with Crippen molar-refractivity contribution in [2.75, 3.05) is 31.6 Å². The third-order valence-electron chi connectivity index (χ3n) is 4.11. The molecule has 2 aliphatic rings. The summed E-state index contributed by atoms with van der Waals surface area (Å²) in [7, 11) is 0. The highest BCUT2D eigenvalue weighted by atomic mass is 16.5. The Morgan fingerprint density at radius 2 is 2.38 bits per heavy atom. The fraction of sp³-hybridized carbons (Fsp3) is 0.600. The van der Waals surface area contributed by atoms with Gasteiger partial charge in [-0.25, -0.2) is 9.78 Å². The summed E-state index contributed by atoms with van der Waals surface area (Å²) in [4.78, 5) is 18.4. The van der Waals surface area contributed by atoms with Crippen LogP contribution in [0.1, 0.15) is 19.3 Å². The molecule has 1 aromatic rings. The van der Waals surface area contributed by atoms with Crippen LogP contribution in [0, 0.1) is 0 Å². The number of piperidine rings is 1. The maximum absolute atomic E-state index is 11.8. The fourth-order valence-corrected chi connectivity index (χ4v) is 2.98. The molecule has 2 saturated heterocycles. The minimum absolute atomic E-state index is 0.0776. The number of fused-ring (bicyclic) bond motifs is 1. The Kier molecular flexibility index (Phi) is 4.67. The number of nitrogens with zero attached hydrogens (tertiary/aromatic N) is 2. The molecule has 0 radical (unpaired) electrons. The Hall–Kier alpha value is -1.66. The van der Waals surface area contributed by atoms with Crippen LogP contribution in [0.4, 0.5) is 10.6 Å². The summed E-state index contributed by atoms with van der Waals surface area (Å²) in [6.07, 6.45) is 5.54. The summed E-state index contributed by atoms with van der Waals surface area (Å²) in [5, 5.41) is 5.56. The number of morpholine rings is 1. The number of carbonyl (C=O) groups is 1. The first kappa shape index (κ1) is 14.3. The fourth-order valence-electron chi connectivity index (χ4n) is 2.98. The highest BCUT2D eigenvalue weighted by Gasteiger charge is 2.30. The van der Waals surface area contributed by atoms with E-state index in [1.165, 1.54) is 19.3 Å². The zero-order chi connectivity index (χ0) is 14.5. The van der Waals surface area contributed by atoms with Gasteiger partial charge in [-0.15, -0.1) is 0 Å². The minimum atomic E-state index is -0.238. The number of ether oxygens (including phenoxy) is 1. The lowest BCUT2D eigenvalue weighted by atomic mass is 10.0. The van der Waals surface area contributed by atoms with Gasteiger partial charge in [0.1, 0.15) is 5.82 Å². The van der Waals surface area contributed by atoms with E-state index >= 15 is 0 Å². The highest BCUT2D eigenvalue weighted by molar-refractivity contribution is 5.88. The molecule has 0 unspecified atom stereocenters.